The number of rotatable bonds is 6. The summed E-state index contributed by atoms with van der Waals surface area (Å²) in [6, 6.07) is 6.91. The first-order chi connectivity index (χ1) is 8.04. The average molecular weight is 237 g/mol. The molecule has 0 saturated heterocycles. The topological polar surface area (TPSA) is 69.6 Å². The maximum Gasteiger partial charge on any atom is 0.320 e. The lowest BCUT2D eigenvalue weighted by Crippen LogP contribution is -2.40. The quantitative estimate of drug-likeness (QED) is 0.699. The van der Waals surface area contributed by atoms with E-state index in [2.05, 4.69) is 5.32 Å². The van der Waals surface area contributed by atoms with Crippen molar-refractivity contribution in [1.82, 2.24) is 5.32 Å². The maximum absolute atomic E-state index is 11.0. The lowest BCUT2D eigenvalue weighted by molar-refractivity contribution is -0.140. The molecule has 0 aromatic heterocycles. The van der Waals surface area contributed by atoms with Gasteiger partial charge in [0, 0.05) is 6.54 Å². The molecule has 4 nitrogen and oxygen atoms in total. The number of nitrogens with one attached hydrogen (secondary N) is 1. The first kappa shape index (κ1) is 13.7. The van der Waals surface area contributed by atoms with Gasteiger partial charge in [-0.2, -0.15) is 0 Å². The highest BCUT2D eigenvalue weighted by Crippen LogP contribution is 2.07. The summed E-state index contributed by atoms with van der Waals surface area (Å²) in [7, 11) is 0. The summed E-state index contributed by atoms with van der Waals surface area (Å²) in [4.78, 5) is 11.0. The third-order valence-electron chi connectivity index (χ3n) is 2.66. The molecule has 0 saturated carbocycles. The fourth-order valence-electron chi connectivity index (χ4n) is 1.60. The molecule has 1 rings (SSSR count). The van der Waals surface area contributed by atoms with Crippen LogP contribution in [0.25, 0.3) is 0 Å². The monoisotopic (exact) mass is 237 g/mol. The molecule has 1 atom stereocenters. The van der Waals surface area contributed by atoms with Gasteiger partial charge in [-0.15, -0.1) is 0 Å². The fraction of sp³-hybridized carbons (Fsp3) is 0.462. The van der Waals surface area contributed by atoms with Crippen LogP contribution in [0.1, 0.15) is 25.0 Å². The van der Waals surface area contributed by atoms with Gasteiger partial charge in [-0.05, 0) is 17.0 Å². The highest BCUT2D eigenvalue weighted by Gasteiger charge is 2.20. The van der Waals surface area contributed by atoms with Crippen LogP contribution in [0.3, 0.4) is 0 Å². The van der Waals surface area contributed by atoms with Crippen LogP contribution in [0.5, 0.6) is 0 Å². The van der Waals surface area contributed by atoms with Gasteiger partial charge in [-0.1, -0.05) is 38.1 Å². The van der Waals surface area contributed by atoms with Crippen molar-refractivity contribution in [2.75, 3.05) is 0 Å². The van der Waals surface area contributed by atoms with E-state index in [0.717, 1.165) is 11.1 Å². The number of carboxylic acids is 1. The average Bonchev–Trinajstić information content (AvgIpc) is 2.29. The van der Waals surface area contributed by atoms with Crippen LogP contribution in [0.2, 0.25) is 0 Å². The van der Waals surface area contributed by atoms with Gasteiger partial charge in [0.1, 0.15) is 6.04 Å². The summed E-state index contributed by atoms with van der Waals surface area (Å²) in [5.74, 6) is -0.781. The first-order valence-electron chi connectivity index (χ1n) is 5.69. The van der Waals surface area contributed by atoms with Crippen molar-refractivity contribution in [3.8, 4) is 0 Å². The van der Waals surface area contributed by atoms with Crippen LogP contribution in [0.4, 0.5) is 0 Å². The minimum Gasteiger partial charge on any atom is -0.480 e. The lowest BCUT2D eigenvalue weighted by Gasteiger charge is -2.17. The van der Waals surface area contributed by atoms with Gasteiger partial charge >= 0.3 is 5.97 Å². The summed E-state index contributed by atoms with van der Waals surface area (Å²) in [6.45, 7) is 4.29. The van der Waals surface area contributed by atoms with E-state index in [4.69, 9.17) is 10.2 Å². The van der Waals surface area contributed by atoms with Gasteiger partial charge in [0.2, 0.25) is 0 Å². The first-order valence-corrected chi connectivity index (χ1v) is 5.69. The Labute approximate surface area is 101 Å². The smallest absolute Gasteiger partial charge is 0.320 e. The highest BCUT2D eigenvalue weighted by molar-refractivity contribution is 5.73. The Hall–Kier alpha value is -1.39. The minimum absolute atomic E-state index is 0.0253. The molecule has 1 aromatic rings. The van der Waals surface area contributed by atoms with E-state index in [1.165, 1.54) is 0 Å². The lowest BCUT2D eigenvalue weighted by atomic mass is 10.0. The molecule has 1 unspecified atom stereocenters. The number of aliphatic hydroxyl groups excluding tert-OH is 1. The summed E-state index contributed by atoms with van der Waals surface area (Å²) in [5, 5.41) is 20.9. The molecule has 94 valence electrons. The van der Waals surface area contributed by atoms with E-state index in [1.807, 2.05) is 38.1 Å². The predicted octanol–water partition coefficient (Wildman–Crippen LogP) is 1.38. The van der Waals surface area contributed by atoms with Crippen LogP contribution in [-0.4, -0.2) is 22.2 Å². The Morgan fingerprint density at radius 1 is 1.24 bits per heavy atom. The fourth-order valence-corrected chi connectivity index (χ4v) is 1.60. The molecule has 0 fully saturated rings. The van der Waals surface area contributed by atoms with Crippen molar-refractivity contribution in [3.63, 3.8) is 0 Å². The summed E-state index contributed by atoms with van der Waals surface area (Å²) < 4.78 is 0. The summed E-state index contributed by atoms with van der Waals surface area (Å²) in [6.07, 6.45) is 0. The van der Waals surface area contributed by atoms with Gasteiger partial charge in [0.15, 0.2) is 0 Å². The third kappa shape index (κ3) is 4.17. The molecule has 0 radical (unpaired) electrons. The second-order valence-electron chi connectivity index (χ2n) is 4.42. The van der Waals surface area contributed by atoms with Crippen molar-refractivity contribution < 1.29 is 15.0 Å². The molecule has 0 spiro atoms. The molecule has 0 aliphatic carbocycles. The molecule has 0 aliphatic heterocycles. The normalized spacial score (nSPS) is 12.7. The molecule has 4 heteroatoms. The van der Waals surface area contributed by atoms with Gasteiger partial charge in [0.05, 0.1) is 6.61 Å². The molecule has 0 heterocycles. The van der Waals surface area contributed by atoms with Crippen molar-refractivity contribution in [3.05, 3.63) is 35.4 Å². The molecule has 0 amide bonds. The number of benzene rings is 1. The van der Waals surface area contributed by atoms with Gasteiger partial charge < -0.3 is 15.5 Å². The van der Waals surface area contributed by atoms with E-state index in [0.29, 0.717) is 6.54 Å². The highest BCUT2D eigenvalue weighted by atomic mass is 16.4. The molecule has 0 aliphatic rings. The van der Waals surface area contributed by atoms with Crippen molar-refractivity contribution in [1.29, 1.82) is 0 Å². The number of aliphatic carboxylic acids is 1. The maximum atomic E-state index is 11.0. The molecule has 17 heavy (non-hydrogen) atoms. The zero-order valence-corrected chi connectivity index (χ0v) is 10.2. The molecular weight excluding hydrogens is 218 g/mol. The molecule has 1 aromatic carbocycles. The Morgan fingerprint density at radius 3 is 2.18 bits per heavy atom. The zero-order chi connectivity index (χ0) is 12.8. The Balaban J connectivity index is 2.56. The number of carbonyl (C=O) groups is 1. The molecular formula is C13H19NO3. The minimum atomic E-state index is -0.827. The number of carboxylic acid groups (broad SMARTS) is 1. The van der Waals surface area contributed by atoms with Gasteiger partial charge in [0.25, 0.3) is 0 Å². The van der Waals surface area contributed by atoms with Crippen LogP contribution in [0, 0.1) is 5.92 Å². The van der Waals surface area contributed by atoms with Crippen LogP contribution in [0.15, 0.2) is 24.3 Å². The number of hydrogen-bond acceptors (Lipinski definition) is 3. The van der Waals surface area contributed by atoms with E-state index in [-0.39, 0.29) is 12.5 Å². The Kier molecular flexibility index (Phi) is 5.12. The zero-order valence-electron chi connectivity index (χ0n) is 10.2. The second kappa shape index (κ2) is 6.37. The van der Waals surface area contributed by atoms with E-state index < -0.39 is 12.0 Å². The van der Waals surface area contributed by atoms with E-state index in [1.54, 1.807) is 0 Å². The Morgan fingerprint density at radius 2 is 1.76 bits per heavy atom. The standard InChI is InChI=1S/C13H19NO3/c1-9(2)12(13(16)17)14-7-10-3-5-11(8-15)6-4-10/h3-6,9,12,14-15H,7-8H2,1-2H3,(H,16,17). The van der Waals surface area contributed by atoms with Gasteiger partial charge in [-0.25, -0.2) is 0 Å². The van der Waals surface area contributed by atoms with Crippen LogP contribution in [-0.2, 0) is 17.9 Å². The van der Waals surface area contributed by atoms with E-state index >= 15 is 0 Å². The van der Waals surface area contributed by atoms with Crippen LogP contribution >= 0.6 is 0 Å². The van der Waals surface area contributed by atoms with Crippen LogP contribution < -0.4 is 5.32 Å². The SMILES string of the molecule is CC(C)C(NCc1ccc(CO)cc1)C(=O)O. The third-order valence-corrected chi connectivity index (χ3v) is 2.66. The van der Waals surface area contributed by atoms with E-state index in [9.17, 15) is 4.79 Å². The number of aliphatic hydroxyl groups is 1. The van der Waals surface area contributed by atoms with Crippen molar-refractivity contribution in [2.24, 2.45) is 5.92 Å². The predicted molar refractivity (Wildman–Crippen MR) is 65.5 cm³/mol. The van der Waals surface area contributed by atoms with Crippen molar-refractivity contribution in [2.45, 2.75) is 33.0 Å². The second-order valence-corrected chi connectivity index (χ2v) is 4.42. The number of hydrogen-bond donors (Lipinski definition) is 3. The summed E-state index contributed by atoms with van der Waals surface area (Å²) >= 11 is 0. The largest absolute Gasteiger partial charge is 0.480 e. The molecule has 3 N–H and O–H groups in total. The van der Waals surface area contributed by atoms with Crippen molar-refractivity contribution >= 4 is 5.97 Å². The van der Waals surface area contributed by atoms with Gasteiger partial charge in [-0.3, -0.25) is 4.79 Å². The summed E-state index contributed by atoms with van der Waals surface area (Å²) in [5.41, 5.74) is 1.86. The Bertz CT molecular complexity index is 359. The molecule has 0 bridgehead atoms.